The Kier molecular flexibility index (Phi) is 6.21. The highest BCUT2D eigenvalue weighted by Gasteiger charge is 2.54. The number of nitrogens with one attached hydrogen (secondary N) is 3. The van der Waals surface area contributed by atoms with Crippen LogP contribution in [0.2, 0.25) is 0 Å². The van der Waals surface area contributed by atoms with E-state index in [2.05, 4.69) is 15.6 Å². The van der Waals surface area contributed by atoms with Gasteiger partial charge in [-0.05, 0) is 112 Å². The van der Waals surface area contributed by atoms with Gasteiger partial charge >= 0.3 is 0 Å². The van der Waals surface area contributed by atoms with Crippen LogP contribution in [0, 0.1) is 23.2 Å². The summed E-state index contributed by atoms with van der Waals surface area (Å²) >= 11 is 0. The highest BCUT2D eigenvalue weighted by molar-refractivity contribution is 7.92. The van der Waals surface area contributed by atoms with Gasteiger partial charge in [0.2, 0.25) is 5.91 Å². The van der Waals surface area contributed by atoms with Gasteiger partial charge in [-0.1, -0.05) is 0 Å². The molecular formula is C26H31N3O5S. The highest BCUT2D eigenvalue weighted by atomic mass is 32.2. The molecule has 0 saturated heterocycles. The van der Waals surface area contributed by atoms with Crippen molar-refractivity contribution < 1.29 is 22.7 Å². The van der Waals surface area contributed by atoms with E-state index in [0.29, 0.717) is 41.4 Å². The molecule has 35 heavy (non-hydrogen) atoms. The molecule has 2 aromatic rings. The van der Waals surface area contributed by atoms with Gasteiger partial charge in [0, 0.05) is 11.3 Å². The van der Waals surface area contributed by atoms with E-state index in [4.69, 9.17) is 4.74 Å². The van der Waals surface area contributed by atoms with Crippen LogP contribution in [0.5, 0.6) is 5.75 Å². The number of hydrogen-bond acceptors (Lipinski definition) is 5. The molecule has 0 unspecified atom stereocenters. The molecule has 3 N–H and O–H groups in total. The maximum absolute atomic E-state index is 13.0. The third-order valence-corrected chi connectivity index (χ3v) is 9.05. The summed E-state index contributed by atoms with van der Waals surface area (Å²) in [6.07, 6.45) is 6.49. The number of carbonyl (C=O) groups is 2. The van der Waals surface area contributed by atoms with E-state index in [9.17, 15) is 18.0 Å². The van der Waals surface area contributed by atoms with E-state index < -0.39 is 15.9 Å². The maximum Gasteiger partial charge on any atom is 0.269 e. The second-order valence-electron chi connectivity index (χ2n) is 10.2. The topological polar surface area (TPSA) is 114 Å². The Morgan fingerprint density at radius 1 is 0.886 bits per heavy atom. The predicted octanol–water partition coefficient (Wildman–Crippen LogP) is 3.86. The minimum absolute atomic E-state index is 0.0790. The smallest absolute Gasteiger partial charge is 0.269 e. The number of rotatable bonds is 7. The van der Waals surface area contributed by atoms with Crippen LogP contribution in [-0.4, -0.2) is 26.8 Å². The Morgan fingerprint density at radius 3 is 2.00 bits per heavy atom. The molecule has 186 valence electrons. The Labute approximate surface area is 205 Å². The zero-order valence-corrected chi connectivity index (χ0v) is 20.6. The quantitative estimate of drug-likeness (QED) is 0.503. The molecule has 4 aliphatic rings. The summed E-state index contributed by atoms with van der Waals surface area (Å²) in [5.74, 6) is 2.00. The van der Waals surface area contributed by atoms with Crippen molar-refractivity contribution in [3.8, 4) is 5.75 Å². The number of anilines is 1. The normalized spacial score (nSPS) is 26.7. The number of sulfonamides is 1. The largest absolute Gasteiger partial charge is 0.494 e. The molecule has 0 spiro atoms. The predicted molar refractivity (Wildman–Crippen MR) is 131 cm³/mol. The summed E-state index contributed by atoms with van der Waals surface area (Å²) in [4.78, 5) is 25.7. The van der Waals surface area contributed by atoms with Crippen molar-refractivity contribution in [2.45, 2.75) is 50.3 Å². The molecule has 2 aromatic carbocycles. The van der Waals surface area contributed by atoms with Crippen molar-refractivity contribution in [1.29, 1.82) is 0 Å². The summed E-state index contributed by atoms with van der Waals surface area (Å²) in [5.41, 5.74) is 5.51. The highest BCUT2D eigenvalue weighted by Crippen LogP contribution is 2.60. The zero-order valence-electron chi connectivity index (χ0n) is 19.8. The van der Waals surface area contributed by atoms with Crippen LogP contribution in [-0.2, 0) is 14.8 Å². The van der Waals surface area contributed by atoms with Gasteiger partial charge in [0.1, 0.15) is 5.75 Å². The average molecular weight is 498 g/mol. The second kappa shape index (κ2) is 9.18. The summed E-state index contributed by atoms with van der Waals surface area (Å²) in [6.45, 7) is 2.35. The first-order valence-corrected chi connectivity index (χ1v) is 13.7. The van der Waals surface area contributed by atoms with E-state index in [1.54, 1.807) is 12.1 Å². The van der Waals surface area contributed by atoms with Gasteiger partial charge in [-0.15, -0.1) is 0 Å². The van der Waals surface area contributed by atoms with Gasteiger partial charge in [0.25, 0.3) is 15.9 Å². The van der Waals surface area contributed by atoms with Crippen LogP contribution in [0.1, 0.15) is 55.8 Å². The molecule has 6 rings (SSSR count). The van der Waals surface area contributed by atoms with Crippen LogP contribution in [0.15, 0.2) is 53.4 Å². The van der Waals surface area contributed by atoms with Gasteiger partial charge in [-0.25, -0.2) is 8.42 Å². The minimum Gasteiger partial charge on any atom is -0.494 e. The van der Waals surface area contributed by atoms with E-state index in [1.807, 2.05) is 6.92 Å². The lowest BCUT2D eigenvalue weighted by Crippen LogP contribution is -2.56. The molecule has 4 saturated carbocycles. The van der Waals surface area contributed by atoms with Crippen LogP contribution in [0.4, 0.5) is 5.69 Å². The maximum atomic E-state index is 13.0. The lowest BCUT2D eigenvalue weighted by molar-refractivity contribution is -0.147. The van der Waals surface area contributed by atoms with Crippen LogP contribution < -0.4 is 20.3 Å². The minimum atomic E-state index is -3.78. The fourth-order valence-corrected chi connectivity index (χ4v) is 7.55. The lowest BCUT2D eigenvalue weighted by atomic mass is 9.49. The standard InChI is InChI=1S/C26H31N3O5S/c1-2-34-22-7-9-23(10-8-22)35(32,33)29-21-5-3-20(4-6-21)24(30)27-28-25(31)26-14-17-11-18(15-26)13-19(12-17)16-26/h3-10,17-19,29H,2,11-16H2,1H3,(H,27,30)(H,28,31). The molecule has 2 amide bonds. The molecule has 9 heteroatoms. The van der Waals surface area contributed by atoms with Crippen molar-refractivity contribution in [3.05, 3.63) is 54.1 Å². The SMILES string of the molecule is CCOc1ccc(S(=O)(=O)Nc2ccc(C(=O)NNC(=O)C34CC5CC(CC(C5)C3)C4)cc2)cc1. The van der Waals surface area contributed by atoms with Gasteiger partial charge in [0.15, 0.2) is 0 Å². The van der Waals surface area contributed by atoms with Crippen molar-refractivity contribution in [3.63, 3.8) is 0 Å². The summed E-state index contributed by atoms with van der Waals surface area (Å²) in [5, 5.41) is 0. The third-order valence-electron chi connectivity index (χ3n) is 7.65. The first-order chi connectivity index (χ1) is 16.8. The zero-order chi connectivity index (χ0) is 24.6. The van der Waals surface area contributed by atoms with Crippen molar-refractivity contribution in [2.75, 3.05) is 11.3 Å². The number of amides is 2. The number of carbonyl (C=O) groups excluding carboxylic acids is 2. The molecule has 0 aromatic heterocycles. The van der Waals surface area contributed by atoms with Gasteiger partial charge in [-0.2, -0.15) is 0 Å². The molecule has 0 radical (unpaired) electrons. The Balaban J connectivity index is 1.17. The fourth-order valence-electron chi connectivity index (χ4n) is 6.49. The van der Waals surface area contributed by atoms with Crippen molar-refractivity contribution >= 4 is 27.5 Å². The number of benzene rings is 2. The van der Waals surface area contributed by atoms with Gasteiger partial charge in [0.05, 0.1) is 16.9 Å². The summed E-state index contributed by atoms with van der Waals surface area (Å²) in [7, 11) is -3.78. The van der Waals surface area contributed by atoms with Gasteiger partial charge < -0.3 is 4.74 Å². The molecule has 8 nitrogen and oxygen atoms in total. The molecule has 0 heterocycles. The molecule has 0 aliphatic heterocycles. The van der Waals surface area contributed by atoms with Gasteiger partial charge in [-0.3, -0.25) is 25.2 Å². The van der Waals surface area contributed by atoms with Crippen LogP contribution in [0.25, 0.3) is 0 Å². The molecule has 0 atom stereocenters. The Bertz CT molecular complexity index is 1170. The summed E-state index contributed by atoms with van der Waals surface area (Å²) < 4.78 is 33.2. The van der Waals surface area contributed by atoms with Crippen LogP contribution in [0.3, 0.4) is 0 Å². The molecule has 4 aliphatic carbocycles. The Hall–Kier alpha value is -3.07. The molecule has 4 fully saturated rings. The van der Waals surface area contributed by atoms with E-state index in [-0.39, 0.29) is 16.2 Å². The fraction of sp³-hybridized carbons (Fsp3) is 0.462. The third kappa shape index (κ3) is 4.87. The average Bonchev–Trinajstić information content (AvgIpc) is 2.82. The first kappa shape index (κ1) is 23.7. The Morgan fingerprint density at radius 2 is 1.46 bits per heavy atom. The molecule has 4 bridgehead atoms. The van der Waals surface area contributed by atoms with E-state index in [1.165, 1.54) is 55.7 Å². The summed E-state index contributed by atoms with van der Waals surface area (Å²) in [6, 6.07) is 12.2. The monoisotopic (exact) mass is 497 g/mol. The van der Waals surface area contributed by atoms with E-state index >= 15 is 0 Å². The van der Waals surface area contributed by atoms with Crippen molar-refractivity contribution in [2.24, 2.45) is 23.2 Å². The lowest BCUT2D eigenvalue weighted by Gasteiger charge is -2.55. The first-order valence-electron chi connectivity index (χ1n) is 12.2. The second-order valence-corrected chi connectivity index (χ2v) is 11.9. The number of hydrogen-bond donors (Lipinski definition) is 3. The van der Waals surface area contributed by atoms with Crippen LogP contribution >= 0.6 is 0 Å². The van der Waals surface area contributed by atoms with E-state index in [0.717, 1.165) is 19.3 Å². The molecular weight excluding hydrogens is 466 g/mol. The van der Waals surface area contributed by atoms with Crippen molar-refractivity contribution in [1.82, 2.24) is 10.9 Å². The number of hydrazine groups is 1. The number of ether oxygens (including phenoxy) is 1.